The summed E-state index contributed by atoms with van der Waals surface area (Å²) in [6.07, 6.45) is 2.39. The summed E-state index contributed by atoms with van der Waals surface area (Å²) in [5.41, 5.74) is 2.50. The molecule has 2 aromatic heterocycles. The number of anilines is 2. The summed E-state index contributed by atoms with van der Waals surface area (Å²) in [7, 11) is 1.75. The van der Waals surface area contributed by atoms with Gasteiger partial charge >= 0.3 is 0 Å². The third kappa shape index (κ3) is 2.00. The molecular weight excluding hydrogens is 250 g/mol. The number of methoxy groups -OCH3 is 1. The molecule has 96 valence electrons. The van der Waals surface area contributed by atoms with E-state index >= 15 is 0 Å². The lowest BCUT2D eigenvalue weighted by molar-refractivity contribution is 0.0328. The lowest BCUT2D eigenvalue weighted by Gasteiger charge is -2.35. The zero-order valence-corrected chi connectivity index (χ0v) is 10.8. The van der Waals surface area contributed by atoms with Gasteiger partial charge in [0.25, 0.3) is 0 Å². The molecule has 1 aliphatic carbocycles. The minimum atomic E-state index is 0.370. The summed E-state index contributed by atoms with van der Waals surface area (Å²) in [6, 6.07) is 2.44. The van der Waals surface area contributed by atoms with Gasteiger partial charge in [0.15, 0.2) is 0 Å². The number of hydrogen-bond donors (Lipinski definition) is 3. The Kier molecular flexibility index (Phi) is 3.02. The maximum atomic E-state index is 5.38. The van der Waals surface area contributed by atoms with Gasteiger partial charge in [0, 0.05) is 13.2 Å². The second-order valence-corrected chi connectivity index (χ2v) is 5.24. The van der Waals surface area contributed by atoms with E-state index in [9.17, 15) is 0 Å². The van der Waals surface area contributed by atoms with Gasteiger partial charge < -0.3 is 10.1 Å². The second-order valence-electron chi connectivity index (χ2n) is 4.35. The zero-order valence-electron chi connectivity index (χ0n) is 10.0. The standard InChI is InChI=1S/C11H15N5OS/c1-17-7-4-6(5-7)13-9-8-2-3-18-10(8)15-11(14-9)16-12/h2-3,6-7H,4-5,12H2,1H3,(H2,13,14,15,16). The van der Waals surface area contributed by atoms with Gasteiger partial charge in [0.05, 0.1) is 11.5 Å². The Hall–Kier alpha value is -1.44. The van der Waals surface area contributed by atoms with Crippen LogP contribution in [0.2, 0.25) is 0 Å². The first-order valence-electron chi connectivity index (χ1n) is 5.81. The van der Waals surface area contributed by atoms with Crippen LogP contribution in [0.15, 0.2) is 11.4 Å². The highest BCUT2D eigenvalue weighted by Gasteiger charge is 2.29. The maximum Gasteiger partial charge on any atom is 0.240 e. The molecule has 0 unspecified atom stereocenters. The van der Waals surface area contributed by atoms with Gasteiger partial charge in [-0.3, -0.25) is 5.43 Å². The van der Waals surface area contributed by atoms with Crippen LogP contribution in [0.1, 0.15) is 12.8 Å². The van der Waals surface area contributed by atoms with E-state index < -0.39 is 0 Å². The molecule has 0 amide bonds. The molecule has 0 aromatic carbocycles. The molecule has 4 N–H and O–H groups in total. The molecule has 18 heavy (non-hydrogen) atoms. The van der Waals surface area contributed by atoms with Crippen LogP contribution in [0.4, 0.5) is 11.8 Å². The number of thiophene rings is 1. The molecule has 0 saturated heterocycles. The van der Waals surface area contributed by atoms with Crippen molar-refractivity contribution in [2.45, 2.75) is 25.0 Å². The van der Waals surface area contributed by atoms with E-state index in [1.54, 1.807) is 18.4 Å². The van der Waals surface area contributed by atoms with Crippen LogP contribution < -0.4 is 16.6 Å². The van der Waals surface area contributed by atoms with Crippen molar-refractivity contribution in [2.24, 2.45) is 5.84 Å². The minimum Gasteiger partial charge on any atom is -0.381 e. The van der Waals surface area contributed by atoms with E-state index in [1.165, 1.54) is 0 Å². The van der Waals surface area contributed by atoms with Gasteiger partial charge in [-0.05, 0) is 24.3 Å². The highest BCUT2D eigenvalue weighted by Crippen LogP contribution is 2.31. The summed E-state index contributed by atoms with van der Waals surface area (Å²) >= 11 is 1.58. The summed E-state index contributed by atoms with van der Waals surface area (Å²) < 4.78 is 5.27. The fraction of sp³-hybridized carbons (Fsp3) is 0.455. The molecule has 3 rings (SSSR count). The Labute approximate surface area is 109 Å². The van der Waals surface area contributed by atoms with Crippen molar-refractivity contribution < 1.29 is 4.74 Å². The number of aromatic nitrogens is 2. The van der Waals surface area contributed by atoms with Crippen LogP contribution in [-0.4, -0.2) is 29.2 Å². The van der Waals surface area contributed by atoms with E-state index in [4.69, 9.17) is 10.6 Å². The van der Waals surface area contributed by atoms with Gasteiger partial charge in [0.1, 0.15) is 10.6 Å². The number of hydrogen-bond acceptors (Lipinski definition) is 7. The number of fused-ring (bicyclic) bond motifs is 1. The van der Waals surface area contributed by atoms with Crippen molar-refractivity contribution in [2.75, 3.05) is 17.9 Å². The van der Waals surface area contributed by atoms with Gasteiger partial charge in [-0.1, -0.05) is 0 Å². The molecule has 2 heterocycles. The fourth-order valence-electron chi connectivity index (χ4n) is 2.10. The number of nitrogens with one attached hydrogen (secondary N) is 2. The average molecular weight is 265 g/mol. The van der Waals surface area contributed by atoms with Crippen molar-refractivity contribution in [3.63, 3.8) is 0 Å². The van der Waals surface area contributed by atoms with Crippen LogP contribution in [-0.2, 0) is 4.74 Å². The fourth-order valence-corrected chi connectivity index (χ4v) is 2.86. The van der Waals surface area contributed by atoms with Crippen LogP contribution in [0.25, 0.3) is 10.2 Å². The normalized spacial score (nSPS) is 22.8. The molecule has 0 radical (unpaired) electrons. The molecule has 0 spiro atoms. The largest absolute Gasteiger partial charge is 0.381 e. The maximum absolute atomic E-state index is 5.38. The van der Waals surface area contributed by atoms with Crippen LogP contribution in [0.5, 0.6) is 0 Å². The Morgan fingerprint density at radius 1 is 1.44 bits per heavy atom. The first kappa shape index (κ1) is 11.6. The number of nitrogens with two attached hydrogens (primary N) is 1. The molecule has 6 nitrogen and oxygen atoms in total. The summed E-state index contributed by atoms with van der Waals surface area (Å²) in [5, 5.41) is 6.47. The van der Waals surface area contributed by atoms with Crippen molar-refractivity contribution in [3.05, 3.63) is 11.4 Å². The lowest BCUT2D eigenvalue weighted by Crippen LogP contribution is -2.40. The van der Waals surface area contributed by atoms with E-state index in [1.807, 2.05) is 11.4 Å². The monoisotopic (exact) mass is 265 g/mol. The molecule has 2 aromatic rings. The first-order chi connectivity index (χ1) is 8.80. The van der Waals surface area contributed by atoms with Crippen molar-refractivity contribution in [3.8, 4) is 0 Å². The van der Waals surface area contributed by atoms with Crippen molar-refractivity contribution >= 4 is 33.3 Å². The highest BCUT2D eigenvalue weighted by atomic mass is 32.1. The summed E-state index contributed by atoms with van der Waals surface area (Å²) in [5.74, 6) is 6.66. The highest BCUT2D eigenvalue weighted by molar-refractivity contribution is 7.16. The van der Waals surface area contributed by atoms with Crippen LogP contribution >= 0.6 is 11.3 Å². The number of hydrazine groups is 1. The van der Waals surface area contributed by atoms with Gasteiger partial charge in [-0.25, -0.2) is 10.8 Å². The van der Waals surface area contributed by atoms with E-state index in [0.717, 1.165) is 28.9 Å². The van der Waals surface area contributed by atoms with Gasteiger partial charge in [0.2, 0.25) is 5.95 Å². The molecular formula is C11H15N5OS. The Morgan fingerprint density at radius 2 is 2.28 bits per heavy atom. The predicted octanol–water partition coefficient (Wildman–Crippen LogP) is 1.57. The summed E-state index contributed by atoms with van der Waals surface area (Å²) in [4.78, 5) is 9.61. The quantitative estimate of drug-likeness (QED) is 0.574. The molecule has 0 aliphatic heterocycles. The second kappa shape index (κ2) is 4.68. The number of nitrogens with zero attached hydrogens (tertiary/aromatic N) is 2. The third-order valence-corrected chi connectivity index (χ3v) is 4.03. The first-order valence-corrected chi connectivity index (χ1v) is 6.69. The Balaban J connectivity index is 1.84. The predicted molar refractivity (Wildman–Crippen MR) is 72.7 cm³/mol. The van der Waals surface area contributed by atoms with Gasteiger partial charge in [-0.2, -0.15) is 4.98 Å². The Morgan fingerprint density at radius 3 is 3.00 bits per heavy atom. The molecule has 1 saturated carbocycles. The van der Waals surface area contributed by atoms with Crippen LogP contribution in [0.3, 0.4) is 0 Å². The Bertz CT molecular complexity index is 551. The van der Waals surface area contributed by atoms with E-state index in [-0.39, 0.29) is 0 Å². The molecule has 1 aliphatic rings. The average Bonchev–Trinajstić information content (AvgIpc) is 2.80. The molecule has 7 heteroatoms. The smallest absolute Gasteiger partial charge is 0.240 e. The topological polar surface area (TPSA) is 85.1 Å². The SMILES string of the molecule is COC1CC(Nc2nc(NN)nc3sccc23)C1. The number of nitrogen functional groups attached to an aromatic ring is 1. The van der Waals surface area contributed by atoms with Gasteiger partial charge in [-0.15, -0.1) is 11.3 Å². The van der Waals surface area contributed by atoms with Crippen molar-refractivity contribution in [1.29, 1.82) is 0 Å². The summed E-state index contributed by atoms with van der Waals surface area (Å²) in [6.45, 7) is 0. The molecule has 0 bridgehead atoms. The number of ether oxygens (including phenoxy) is 1. The minimum absolute atomic E-state index is 0.370. The van der Waals surface area contributed by atoms with Crippen molar-refractivity contribution in [1.82, 2.24) is 9.97 Å². The molecule has 1 fully saturated rings. The lowest BCUT2D eigenvalue weighted by atomic mass is 9.89. The molecule has 0 atom stereocenters. The zero-order chi connectivity index (χ0) is 12.5. The third-order valence-electron chi connectivity index (χ3n) is 3.22. The number of rotatable bonds is 4. The van der Waals surface area contributed by atoms with E-state index in [2.05, 4.69) is 20.7 Å². The van der Waals surface area contributed by atoms with Crippen LogP contribution in [0, 0.1) is 0 Å². The van der Waals surface area contributed by atoms with E-state index in [0.29, 0.717) is 18.1 Å².